The van der Waals surface area contributed by atoms with E-state index in [9.17, 15) is 4.79 Å². The van der Waals surface area contributed by atoms with Crippen LogP contribution >= 0.6 is 34.9 Å². The normalized spacial score (nSPS) is 10.3. The lowest BCUT2D eigenvalue weighted by Crippen LogP contribution is -1.91. The smallest absolute Gasteiger partial charge is 0.336 e. The SMILES string of the molecule is O=C(O)c1csc(-c2csc(=S)[nH]2)c1. The quantitative estimate of drug-likeness (QED) is 0.796. The molecule has 14 heavy (non-hydrogen) atoms. The average Bonchev–Trinajstić information content (AvgIpc) is 2.70. The van der Waals surface area contributed by atoms with Crippen LogP contribution in [0.4, 0.5) is 0 Å². The molecule has 0 aromatic carbocycles. The van der Waals surface area contributed by atoms with Crippen LogP contribution in [0.5, 0.6) is 0 Å². The number of thiazole rings is 1. The molecule has 2 N–H and O–H groups in total. The second-order valence-electron chi connectivity index (χ2n) is 2.57. The molecule has 0 atom stereocenters. The molecule has 0 radical (unpaired) electrons. The van der Waals surface area contributed by atoms with Gasteiger partial charge in [0.2, 0.25) is 0 Å². The van der Waals surface area contributed by atoms with Crippen molar-refractivity contribution in [3.05, 3.63) is 26.3 Å². The van der Waals surface area contributed by atoms with Crippen molar-refractivity contribution in [2.75, 3.05) is 0 Å². The van der Waals surface area contributed by atoms with Gasteiger partial charge in [0, 0.05) is 10.8 Å². The molecule has 0 saturated carbocycles. The minimum Gasteiger partial charge on any atom is -0.478 e. The standard InChI is InChI=1S/C8H5NO2S3/c10-7(11)4-1-6(13-2-4)5-3-14-8(12)9-5/h1-3H,(H,9,12)(H,10,11). The van der Waals surface area contributed by atoms with Crippen molar-refractivity contribution >= 4 is 40.9 Å². The van der Waals surface area contributed by atoms with Gasteiger partial charge in [0.05, 0.1) is 16.1 Å². The van der Waals surface area contributed by atoms with Crippen LogP contribution in [-0.4, -0.2) is 16.1 Å². The van der Waals surface area contributed by atoms with E-state index in [-0.39, 0.29) is 0 Å². The molecule has 0 saturated heterocycles. The Morgan fingerprint density at radius 2 is 2.21 bits per heavy atom. The number of carbonyl (C=O) groups is 1. The topological polar surface area (TPSA) is 53.1 Å². The first kappa shape index (κ1) is 9.57. The van der Waals surface area contributed by atoms with Gasteiger partial charge in [-0.15, -0.1) is 22.7 Å². The van der Waals surface area contributed by atoms with E-state index in [0.29, 0.717) is 9.52 Å². The molecule has 0 aliphatic heterocycles. The summed E-state index contributed by atoms with van der Waals surface area (Å²) in [6.07, 6.45) is 0. The molecule has 2 aromatic heterocycles. The van der Waals surface area contributed by atoms with Crippen molar-refractivity contribution in [3.8, 4) is 10.6 Å². The Kier molecular flexibility index (Phi) is 2.49. The lowest BCUT2D eigenvalue weighted by atomic mass is 10.3. The highest BCUT2D eigenvalue weighted by atomic mass is 32.1. The number of nitrogens with one attached hydrogen (secondary N) is 1. The monoisotopic (exact) mass is 243 g/mol. The number of hydrogen-bond donors (Lipinski definition) is 2. The largest absolute Gasteiger partial charge is 0.478 e. The summed E-state index contributed by atoms with van der Waals surface area (Å²) in [5, 5.41) is 12.2. The molecule has 0 amide bonds. The Morgan fingerprint density at radius 1 is 1.43 bits per heavy atom. The van der Waals surface area contributed by atoms with Crippen molar-refractivity contribution < 1.29 is 9.90 Å². The first-order valence-corrected chi connectivity index (χ1v) is 5.83. The number of carboxylic acid groups (broad SMARTS) is 1. The fourth-order valence-electron chi connectivity index (χ4n) is 0.991. The number of aromatic nitrogens is 1. The number of carboxylic acids is 1. The second kappa shape index (κ2) is 3.64. The zero-order valence-corrected chi connectivity index (χ0v) is 9.26. The Balaban J connectivity index is 2.43. The fourth-order valence-corrected chi connectivity index (χ4v) is 2.75. The fraction of sp³-hybridized carbons (Fsp3) is 0. The van der Waals surface area contributed by atoms with Gasteiger partial charge in [0.1, 0.15) is 0 Å². The second-order valence-corrected chi connectivity index (χ2v) is 5.02. The van der Waals surface area contributed by atoms with Crippen LogP contribution in [0.15, 0.2) is 16.8 Å². The molecule has 2 heterocycles. The van der Waals surface area contributed by atoms with Crippen molar-refractivity contribution in [3.63, 3.8) is 0 Å². The van der Waals surface area contributed by atoms with Gasteiger partial charge in [-0.2, -0.15) is 0 Å². The summed E-state index contributed by atoms with van der Waals surface area (Å²) < 4.78 is 0.699. The van der Waals surface area contributed by atoms with Crippen LogP contribution < -0.4 is 0 Å². The maximum atomic E-state index is 10.6. The van der Waals surface area contributed by atoms with Crippen LogP contribution in [0.1, 0.15) is 10.4 Å². The zero-order chi connectivity index (χ0) is 10.1. The van der Waals surface area contributed by atoms with Gasteiger partial charge in [-0.05, 0) is 18.3 Å². The summed E-state index contributed by atoms with van der Waals surface area (Å²) >= 11 is 7.77. The molecule has 0 fully saturated rings. The summed E-state index contributed by atoms with van der Waals surface area (Å²) in [6, 6.07) is 1.64. The third-order valence-corrected chi connectivity index (χ3v) is 3.66. The highest BCUT2D eigenvalue weighted by molar-refractivity contribution is 7.73. The van der Waals surface area contributed by atoms with E-state index >= 15 is 0 Å². The molecule has 0 bridgehead atoms. The summed E-state index contributed by atoms with van der Waals surface area (Å²) in [5.41, 5.74) is 1.20. The molecule has 0 aliphatic rings. The molecule has 0 aliphatic carbocycles. The minimum absolute atomic E-state index is 0.315. The average molecular weight is 243 g/mol. The summed E-state index contributed by atoms with van der Waals surface area (Å²) in [6.45, 7) is 0. The van der Waals surface area contributed by atoms with E-state index in [1.54, 1.807) is 11.4 Å². The van der Waals surface area contributed by atoms with E-state index in [1.807, 2.05) is 5.38 Å². The first-order chi connectivity index (χ1) is 6.66. The van der Waals surface area contributed by atoms with Crippen LogP contribution in [-0.2, 0) is 0 Å². The van der Waals surface area contributed by atoms with E-state index in [1.165, 1.54) is 22.7 Å². The van der Waals surface area contributed by atoms with Crippen molar-refractivity contribution in [2.24, 2.45) is 0 Å². The minimum atomic E-state index is -0.902. The highest BCUT2D eigenvalue weighted by Crippen LogP contribution is 2.27. The van der Waals surface area contributed by atoms with Gasteiger partial charge in [0.25, 0.3) is 0 Å². The molecule has 72 valence electrons. The predicted molar refractivity (Wildman–Crippen MR) is 59.8 cm³/mol. The summed E-state index contributed by atoms with van der Waals surface area (Å²) in [5.74, 6) is -0.902. The zero-order valence-electron chi connectivity index (χ0n) is 6.81. The van der Waals surface area contributed by atoms with Gasteiger partial charge in [0.15, 0.2) is 3.95 Å². The van der Waals surface area contributed by atoms with Crippen molar-refractivity contribution in [2.45, 2.75) is 0 Å². The van der Waals surface area contributed by atoms with Crippen molar-refractivity contribution in [1.82, 2.24) is 4.98 Å². The lowest BCUT2D eigenvalue weighted by molar-refractivity contribution is 0.0697. The predicted octanol–water partition coefficient (Wildman–Crippen LogP) is 3.23. The third-order valence-electron chi connectivity index (χ3n) is 1.63. The van der Waals surface area contributed by atoms with E-state index in [2.05, 4.69) is 4.98 Å². The van der Waals surface area contributed by atoms with Crippen LogP contribution in [0, 0.1) is 3.95 Å². The Bertz CT molecular complexity index is 522. The Hall–Kier alpha value is -0.980. The third kappa shape index (κ3) is 1.77. The number of H-pyrrole nitrogens is 1. The molecule has 2 rings (SSSR count). The number of rotatable bonds is 2. The molecule has 2 aromatic rings. The van der Waals surface area contributed by atoms with E-state index < -0.39 is 5.97 Å². The van der Waals surface area contributed by atoms with Gasteiger partial charge < -0.3 is 10.1 Å². The molecule has 0 spiro atoms. The van der Waals surface area contributed by atoms with E-state index in [4.69, 9.17) is 17.3 Å². The van der Waals surface area contributed by atoms with Crippen molar-refractivity contribution in [1.29, 1.82) is 0 Å². The molecule has 3 nitrogen and oxygen atoms in total. The number of aromatic carboxylic acids is 1. The van der Waals surface area contributed by atoms with Gasteiger partial charge in [-0.25, -0.2) is 4.79 Å². The number of hydrogen-bond acceptors (Lipinski definition) is 4. The molecule has 6 heteroatoms. The molecule has 0 unspecified atom stereocenters. The van der Waals surface area contributed by atoms with E-state index in [0.717, 1.165) is 10.6 Å². The van der Waals surface area contributed by atoms with Crippen LogP contribution in [0.25, 0.3) is 10.6 Å². The summed E-state index contributed by atoms with van der Waals surface area (Å²) in [7, 11) is 0. The molecular weight excluding hydrogens is 238 g/mol. The summed E-state index contributed by atoms with van der Waals surface area (Å²) in [4.78, 5) is 14.5. The van der Waals surface area contributed by atoms with Gasteiger partial charge in [-0.3, -0.25) is 0 Å². The first-order valence-electron chi connectivity index (χ1n) is 3.67. The lowest BCUT2D eigenvalue weighted by Gasteiger charge is -1.87. The van der Waals surface area contributed by atoms with Crippen LogP contribution in [0.2, 0.25) is 0 Å². The number of aromatic amines is 1. The number of thiophene rings is 1. The Labute approximate surface area is 92.7 Å². The van der Waals surface area contributed by atoms with Crippen LogP contribution in [0.3, 0.4) is 0 Å². The highest BCUT2D eigenvalue weighted by Gasteiger charge is 2.08. The maximum absolute atomic E-state index is 10.6. The van der Waals surface area contributed by atoms with Gasteiger partial charge >= 0.3 is 5.97 Å². The van der Waals surface area contributed by atoms with Gasteiger partial charge in [-0.1, -0.05) is 0 Å². The Morgan fingerprint density at radius 3 is 2.71 bits per heavy atom. The maximum Gasteiger partial charge on any atom is 0.336 e. The molecular formula is C8H5NO2S3.